The van der Waals surface area contributed by atoms with Crippen molar-refractivity contribution in [3.05, 3.63) is 0 Å². The molecule has 0 spiro atoms. The van der Waals surface area contributed by atoms with E-state index in [-0.39, 0.29) is 12.8 Å². The summed E-state index contributed by atoms with van der Waals surface area (Å²) in [6.07, 6.45) is 0.126. The van der Waals surface area contributed by atoms with Crippen molar-refractivity contribution >= 4 is 23.9 Å². The molecule has 120 valence electrons. The molecule has 0 saturated carbocycles. The van der Waals surface area contributed by atoms with Gasteiger partial charge in [0.2, 0.25) is 0 Å². The molecule has 9 heteroatoms. The lowest BCUT2D eigenvalue weighted by molar-refractivity contribution is -0.144. The fourth-order valence-corrected chi connectivity index (χ4v) is 1.35. The second-order valence-corrected chi connectivity index (χ2v) is 4.29. The number of esters is 2. The molecule has 0 aliphatic carbocycles. The van der Waals surface area contributed by atoms with Crippen LogP contribution in [0.25, 0.3) is 0 Å². The van der Waals surface area contributed by atoms with Gasteiger partial charge >= 0.3 is 23.9 Å². The molecule has 1 atom stereocenters. The van der Waals surface area contributed by atoms with Gasteiger partial charge < -0.3 is 24.8 Å². The topological polar surface area (TPSA) is 122 Å². The molecule has 0 aromatic heterocycles. The van der Waals surface area contributed by atoms with E-state index in [1.54, 1.807) is 6.92 Å². The van der Waals surface area contributed by atoms with E-state index in [4.69, 9.17) is 5.11 Å². The number of carbonyl (C=O) groups is 4. The Labute approximate surface area is 122 Å². The number of hydrogen-bond donors (Lipinski definition) is 2. The van der Waals surface area contributed by atoms with Crippen molar-refractivity contribution in [2.24, 2.45) is 0 Å². The molecule has 0 aromatic rings. The summed E-state index contributed by atoms with van der Waals surface area (Å²) in [6, 6.07) is -1.10. The van der Waals surface area contributed by atoms with Gasteiger partial charge in [-0.25, -0.2) is 4.79 Å². The molecule has 21 heavy (non-hydrogen) atoms. The highest BCUT2D eigenvalue weighted by Crippen LogP contribution is 1.99. The molecule has 0 aliphatic rings. The summed E-state index contributed by atoms with van der Waals surface area (Å²) >= 11 is 0. The number of nitrogens with one attached hydrogen (secondary N) is 1. The fraction of sp³-hybridized carbons (Fsp3) is 0.667. The molecule has 0 fully saturated rings. The van der Waals surface area contributed by atoms with Crippen molar-refractivity contribution in [3.8, 4) is 0 Å². The summed E-state index contributed by atoms with van der Waals surface area (Å²) in [4.78, 5) is 45.8. The third kappa shape index (κ3) is 8.45. The molecule has 2 amide bonds. The van der Waals surface area contributed by atoms with Gasteiger partial charge in [-0.05, 0) is 13.3 Å². The number of rotatable bonds is 8. The summed E-state index contributed by atoms with van der Waals surface area (Å²) in [5.41, 5.74) is 0. The fourth-order valence-electron chi connectivity index (χ4n) is 1.35. The maximum Gasteiger partial charge on any atom is 0.325 e. The minimum absolute atomic E-state index is 0.102. The van der Waals surface area contributed by atoms with Gasteiger partial charge in [-0.15, -0.1) is 0 Å². The summed E-state index contributed by atoms with van der Waals surface area (Å²) in [5, 5.41) is 11.1. The highest BCUT2D eigenvalue weighted by Gasteiger charge is 2.22. The Morgan fingerprint density at radius 1 is 1.10 bits per heavy atom. The van der Waals surface area contributed by atoms with Crippen LogP contribution >= 0.6 is 0 Å². The first-order valence-electron chi connectivity index (χ1n) is 6.21. The average molecular weight is 304 g/mol. The van der Waals surface area contributed by atoms with Crippen molar-refractivity contribution in [1.82, 2.24) is 10.2 Å². The molecule has 0 aliphatic heterocycles. The van der Waals surface area contributed by atoms with Crippen molar-refractivity contribution < 1.29 is 33.8 Å². The van der Waals surface area contributed by atoms with Gasteiger partial charge in [0.1, 0.15) is 13.1 Å². The third-order valence-corrected chi connectivity index (χ3v) is 2.54. The number of urea groups is 1. The van der Waals surface area contributed by atoms with E-state index in [0.717, 1.165) is 19.1 Å². The van der Waals surface area contributed by atoms with Gasteiger partial charge in [-0.1, -0.05) is 0 Å². The maximum atomic E-state index is 12.0. The van der Waals surface area contributed by atoms with Crippen molar-refractivity contribution in [3.63, 3.8) is 0 Å². The number of aliphatic carboxylic acids is 1. The van der Waals surface area contributed by atoms with E-state index in [9.17, 15) is 19.2 Å². The van der Waals surface area contributed by atoms with Crippen molar-refractivity contribution in [2.45, 2.75) is 25.8 Å². The number of methoxy groups -OCH3 is 2. The van der Waals surface area contributed by atoms with Crippen LogP contribution in [0.2, 0.25) is 0 Å². The second-order valence-electron chi connectivity index (χ2n) is 4.29. The predicted molar refractivity (Wildman–Crippen MR) is 70.5 cm³/mol. The summed E-state index contributed by atoms with van der Waals surface area (Å²) < 4.78 is 8.88. The number of amides is 2. The average Bonchev–Trinajstić information content (AvgIpc) is 2.43. The van der Waals surface area contributed by atoms with Crippen molar-refractivity contribution in [1.29, 1.82) is 0 Å². The van der Waals surface area contributed by atoms with E-state index in [0.29, 0.717) is 0 Å². The molecule has 0 rings (SSSR count). The number of carbonyl (C=O) groups excluding carboxylic acids is 3. The molecule has 9 nitrogen and oxygen atoms in total. The Bertz CT molecular complexity index is 379. The van der Waals surface area contributed by atoms with Crippen LogP contribution in [0.3, 0.4) is 0 Å². The lowest BCUT2D eigenvalue weighted by Crippen LogP contribution is -2.48. The zero-order valence-electron chi connectivity index (χ0n) is 12.2. The molecule has 0 aromatic carbocycles. The summed E-state index contributed by atoms with van der Waals surface area (Å²) in [5.74, 6) is -2.35. The molecule has 2 N–H and O–H groups in total. The molecule has 0 heterocycles. The lowest BCUT2D eigenvalue weighted by Gasteiger charge is -2.23. The van der Waals surface area contributed by atoms with Crippen LogP contribution in [0.5, 0.6) is 0 Å². The SMILES string of the molecule is COC(=O)CN(CC(=O)OC)C(=O)NC(C)CCC(=O)O. The quantitative estimate of drug-likeness (QED) is 0.585. The van der Waals surface area contributed by atoms with Crippen molar-refractivity contribution in [2.75, 3.05) is 27.3 Å². The first-order chi connectivity index (χ1) is 9.79. The Hall–Kier alpha value is -2.32. The summed E-state index contributed by atoms with van der Waals surface area (Å²) in [7, 11) is 2.32. The minimum atomic E-state index is -0.975. The second kappa shape index (κ2) is 9.56. The van der Waals surface area contributed by atoms with Gasteiger partial charge in [-0.2, -0.15) is 0 Å². The number of carboxylic acids is 1. The van der Waals surface area contributed by atoms with E-state index in [1.807, 2.05) is 0 Å². The number of ether oxygens (including phenoxy) is 2. The Morgan fingerprint density at radius 2 is 1.57 bits per heavy atom. The van der Waals surface area contributed by atoms with Gasteiger partial charge in [0.15, 0.2) is 0 Å². The smallest absolute Gasteiger partial charge is 0.325 e. The van der Waals surface area contributed by atoms with Crippen LogP contribution in [0.4, 0.5) is 4.79 Å². The lowest BCUT2D eigenvalue weighted by atomic mass is 10.2. The predicted octanol–water partition coefficient (Wildman–Crippen LogP) is -0.403. The van der Waals surface area contributed by atoms with Gasteiger partial charge in [0.05, 0.1) is 14.2 Å². The summed E-state index contributed by atoms with van der Waals surface area (Å²) in [6.45, 7) is 0.793. The zero-order valence-corrected chi connectivity index (χ0v) is 12.2. The van der Waals surface area contributed by atoms with Gasteiger partial charge in [0, 0.05) is 12.5 Å². The van der Waals surface area contributed by atoms with Crippen LogP contribution < -0.4 is 5.32 Å². The first kappa shape index (κ1) is 18.7. The van der Waals surface area contributed by atoms with E-state index >= 15 is 0 Å². The Kier molecular flexibility index (Phi) is 8.51. The van der Waals surface area contributed by atoms with Gasteiger partial charge in [-0.3, -0.25) is 14.4 Å². The van der Waals surface area contributed by atoms with E-state index in [1.165, 1.54) is 0 Å². The number of nitrogens with zero attached hydrogens (tertiary/aromatic N) is 1. The first-order valence-corrected chi connectivity index (χ1v) is 6.21. The minimum Gasteiger partial charge on any atom is -0.481 e. The van der Waals surface area contributed by atoms with E-state index in [2.05, 4.69) is 14.8 Å². The van der Waals surface area contributed by atoms with Crippen LogP contribution in [-0.4, -0.2) is 67.3 Å². The molecule has 0 bridgehead atoms. The molecule has 0 radical (unpaired) electrons. The third-order valence-electron chi connectivity index (χ3n) is 2.54. The standard InChI is InChI=1S/C12H20N2O7/c1-8(4-5-9(15)16)13-12(19)14(6-10(17)20-2)7-11(18)21-3/h8H,4-7H2,1-3H3,(H,13,19)(H,15,16). The normalized spacial score (nSPS) is 11.2. The molecule has 0 saturated heterocycles. The van der Waals surface area contributed by atoms with Crippen LogP contribution in [0, 0.1) is 0 Å². The van der Waals surface area contributed by atoms with E-state index < -0.39 is 43.1 Å². The Balaban J connectivity index is 4.58. The largest absolute Gasteiger partial charge is 0.481 e. The molecule has 1 unspecified atom stereocenters. The van der Waals surface area contributed by atoms with Crippen LogP contribution in [0.1, 0.15) is 19.8 Å². The van der Waals surface area contributed by atoms with Crippen LogP contribution in [0.15, 0.2) is 0 Å². The number of carboxylic acid groups (broad SMARTS) is 1. The molecular formula is C12H20N2O7. The highest BCUT2D eigenvalue weighted by atomic mass is 16.5. The van der Waals surface area contributed by atoms with Gasteiger partial charge in [0.25, 0.3) is 0 Å². The molecular weight excluding hydrogens is 284 g/mol. The maximum absolute atomic E-state index is 12.0. The monoisotopic (exact) mass is 304 g/mol. The highest BCUT2D eigenvalue weighted by molar-refractivity contribution is 5.85. The Morgan fingerprint density at radius 3 is 1.95 bits per heavy atom. The number of hydrogen-bond acceptors (Lipinski definition) is 6. The zero-order chi connectivity index (χ0) is 16.4. The van der Waals surface area contributed by atoms with Crippen LogP contribution in [-0.2, 0) is 23.9 Å².